The van der Waals surface area contributed by atoms with E-state index in [-0.39, 0.29) is 5.91 Å². The average Bonchev–Trinajstić information content (AvgIpc) is 2.42. The van der Waals surface area contributed by atoms with E-state index in [0.29, 0.717) is 11.3 Å². The molecule has 4 heteroatoms. The van der Waals surface area contributed by atoms with E-state index >= 15 is 0 Å². The molecule has 0 heterocycles. The van der Waals surface area contributed by atoms with E-state index in [0.717, 1.165) is 39.0 Å². The summed E-state index contributed by atoms with van der Waals surface area (Å²) in [4.78, 5) is 14.2. The summed E-state index contributed by atoms with van der Waals surface area (Å²) < 4.78 is 0. The summed E-state index contributed by atoms with van der Waals surface area (Å²) in [6.07, 6.45) is 2.11. The van der Waals surface area contributed by atoms with E-state index < -0.39 is 0 Å². The molecule has 1 rings (SSSR count). The minimum Gasteiger partial charge on any atom is -0.399 e. The van der Waals surface area contributed by atoms with Crippen LogP contribution in [0.1, 0.15) is 37.0 Å². The van der Waals surface area contributed by atoms with Crippen LogP contribution in [0, 0.1) is 0 Å². The van der Waals surface area contributed by atoms with E-state index in [2.05, 4.69) is 24.1 Å². The highest BCUT2D eigenvalue weighted by molar-refractivity contribution is 5.94. The van der Waals surface area contributed by atoms with Crippen LogP contribution in [0.2, 0.25) is 0 Å². The van der Waals surface area contributed by atoms with Crippen molar-refractivity contribution in [3.05, 3.63) is 29.8 Å². The first-order chi connectivity index (χ1) is 9.17. The lowest BCUT2D eigenvalue weighted by Gasteiger charge is -2.17. The second kappa shape index (κ2) is 8.53. The fraction of sp³-hybridized carbons (Fsp3) is 0.533. The molecule has 0 aliphatic heterocycles. The molecule has 0 atom stereocenters. The monoisotopic (exact) mass is 263 g/mol. The number of hydrogen-bond donors (Lipinski definition) is 2. The van der Waals surface area contributed by atoms with Crippen molar-refractivity contribution in [2.45, 2.75) is 26.7 Å². The Hall–Kier alpha value is -1.55. The normalized spacial score (nSPS) is 10.7. The number of carbonyl (C=O) groups is 1. The Morgan fingerprint density at radius 3 is 2.63 bits per heavy atom. The van der Waals surface area contributed by atoms with Crippen molar-refractivity contribution in [2.24, 2.45) is 0 Å². The highest BCUT2D eigenvalue weighted by atomic mass is 16.1. The van der Waals surface area contributed by atoms with Crippen LogP contribution in [-0.4, -0.2) is 37.0 Å². The van der Waals surface area contributed by atoms with Crippen LogP contribution in [0.4, 0.5) is 5.69 Å². The molecule has 1 amide bonds. The van der Waals surface area contributed by atoms with Crippen molar-refractivity contribution in [1.29, 1.82) is 0 Å². The summed E-state index contributed by atoms with van der Waals surface area (Å²) in [6, 6.07) is 7.05. The van der Waals surface area contributed by atoms with Gasteiger partial charge in [-0.2, -0.15) is 0 Å². The predicted octanol–water partition coefficient (Wildman–Crippen LogP) is 2.12. The van der Waals surface area contributed by atoms with Gasteiger partial charge in [0.1, 0.15) is 0 Å². The summed E-state index contributed by atoms with van der Waals surface area (Å²) >= 11 is 0. The lowest BCUT2D eigenvalue weighted by atomic mass is 10.2. The molecule has 4 nitrogen and oxygen atoms in total. The molecule has 1 aromatic carbocycles. The molecule has 0 aromatic heterocycles. The van der Waals surface area contributed by atoms with Gasteiger partial charge in [0.25, 0.3) is 5.91 Å². The molecule has 0 unspecified atom stereocenters. The zero-order chi connectivity index (χ0) is 14.1. The molecule has 3 N–H and O–H groups in total. The molecule has 0 aliphatic rings. The number of rotatable bonds is 8. The van der Waals surface area contributed by atoms with Crippen molar-refractivity contribution < 1.29 is 4.79 Å². The smallest absolute Gasteiger partial charge is 0.251 e. The summed E-state index contributed by atoms with van der Waals surface area (Å²) in [5, 5.41) is 2.92. The lowest BCUT2D eigenvalue weighted by Crippen LogP contribution is -2.27. The molecule has 0 bridgehead atoms. The SMILES string of the molecule is CCN(CC)CCCCNC(=O)c1cccc(N)c1. The average molecular weight is 263 g/mol. The molecular weight excluding hydrogens is 238 g/mol. The first-order valence-corrected chi connectivity index (χ1v) is 7.03. The molecule has 0 spiro atoms. The fourth-order valence-electron chi connectivity index (χ4n) is 1.98. The Balaban J connectivity index is 2.21. The van der Waals surface area contributed by atoms with Gasteiger partial charge in [0.2, 0.25) is 0 Å². The van der Waals surface area contributed by atoms with Crippen LogP contribution in [0.5, 0.6) is 0 Å². The summed E-state index contributed by atoms with van der Waals surface area (Å²) in [5.74, 6) is -0.0462. The van der Waals surface area contributed by atoms with Gasteiger partial charge in [-0.15, -0.1) is 0 Å². The van der Waals surface area contributed by atoms with Gasteiger partial charge in [-0.3, -0.25) is 4.79 Å². The Morgan fingerprint density at radius 2 is 2.00 bits per heavy atom. The maximum Gasteiger partial charge on any atom is 0.251 e. The topological polar surface area (TPSA) is 58.4 Å². The molecule has 0 saturated carbocycles. The van der Waals surface area contributed by atoms with Gasteiger partial charge in [0.05, 0.1) is 0 Å². The lowest BCUT2D eigenvalue weighted by molar-refractivity contribution is 0.0952. The number of benzene rings is 1. The number of amides is 1. The Morgan fingerprint density at radius 1 is 1.26 bits per heavy atom. The van der Waals surface area contributed by atoms with Gasteiger partial charge >= 0.3 is 0 Å². The van der Waals surface area contributed by atoms with Crippen molar-refractivity contribution in [3.8, 4) is 0 Å². The third kappa shape index (κ3) is 5.75. The van der Waals surface area contributed by atoms with E-state index in [4.69, 9.17) is 5.73 Å². The molecule has 0 saturated heterocycles. The van der Waals surface area contributed by atoms with Crippen molar-refractivity contribution in [3.63, 3.8) is 0 Å². The summed E-state index contributed by atoms with van der Waals surface area (Å²) in [6.45, 7) is 8.34. The Bertz CT molecular complexity index is 389. The van der Waals surface area contributed by atoms with Gasteiger partial charge in [0.15, 0.2) is 0 Å². The maximum atomic E-state index is 11.8. The fourth-order valence-corrected chi connectivity index (χ4v) is 1.98. The minimum atomic E-state index is -0.0462. The number of nitrogens with two attached hydrogens (primary N) is 1. The second-order valence-corrected chi connectivity index (χ2v) is 4.62. The highest BCUT2D eigenvalue weighted by Crippen LogP contribution is 2.06. The number of unbranched alkanes of at least 4 members (excludes halogenated alkanes) is 1. The van der Waals surface area contributed by atoms with Crippen LogP contribution < -0.4 is 11.1 Å². The van der Waals surface area contributed by atoms with Gasteiger partial charge in [-0.05, 0) is 50.7 Å². The van der Waals surface area contributed by atoms with Crippen molar-refractivity contribution in [2.75, 3.05) is 31.9 Å². The molecular formula is C15H25N3O. The predicted molar refractivity (Wildman–Crippen MR) is 80.2 cm³/mol. The standard InChI is InChI=1S/C15H25N3O/c1-3-18(4-2)11-6-5-10-17-15(19)13-8-7-9-14(16)12-13/h7-9,12H,3-6,10-11,16H2,1-2H3,(H,17,19). The largest absolute Gasteiger partial charge is 0.399 e. The van der Waals surface area contributed by atoms with E-state index in [9.17, 15) is 4.79 Å². The van der Waals surface area contributed by atoms with E-state index in [1.807, 2.05) is 0 Å². The number of nitrogens with one attached hydrogen (secondary N) is 1. The first kappa shape index (κ1) is 15.5. The number of nitrogens with zero attached hydrogens (tertiary/aromatic N) is 1. The van der Waals surface area contributed by atoms with Crippen LogP contribution in [0.15, 0.2) is 24.3 Å². The summed E-state index contributed by atoms with van der Waals surface area (Å²) in [7, 11) is 0. The molecule has 0 aliphatic carbocycles. The zero-order valence-electron chi connectivity index (χ0n) is 12.0. The third-order valence-electron chi connectivity index (χ3n) is 3.23. The zero-order valence-corrected chi connectivity index (χ0v) is 12.0. The van der Waals surface area contributed by atoms with Crippen LogP contribution in [-0.2, 0) is 0 Å². The number of anilines is 1. The van der Waals surface area contributed by atoms with Gasteiger partial charge in [-0.1, -0.05) is 19.9 Å². The number of hydrogen-bond acceptors (Lipinski definition) is 3. The van der Waals surface area contributed by atoms with Crippen LogP contribution in [0.3, 0.4) is 0 Å². The molecule has 106 valence electrons. The second-order valence-electron chi connectivity index (χ2n) is 4.62. The Kier molecular flexibility index (Phi) is 6.97. The highest BCUT2D eigenvalue weighted by Gasteiger charge is 2.04. The minimum absolute atomic E-state index is 0.0462. The maximum absolute atomic E-state index is 11.8. The molecule has 19 heavy (non-hydrogen) atoms. The third-order valence-corrected chi connectivity index (χ3v) is 3.23. The van der Waals surface area contributed by atoms with Crippen molar-refractivity contribution in [1.82, 2.24) is 10.2 Å². The first-order valence-electron chi connectivity index (χ1n) is 7.03. The molecule has 0 fully saturated rings. The van der Waals surface area contributed by atoms with Gasteiger partial charge < -0.3 is 16.0 Å². The van der Waals surface area contributed by atoms with Gasteiger partial charge in [0, 0.05) is 17.8 Å². The van der Waals surface area contributed by atoms with E-state index in [1.54, 1.807) is 24.3 Å². The quantitative estimate of drug-likeness (QED) is 0.558. The number of carbonyl (C=O) groups excluding carboxylic acids is 1. The Labute approximate surface area is 116 Å². The van der Waals surface area contributed by atoms with Crippen LogP contribution in [0.25, 0.3) is 0 Å². The van der Waals surface area contributed by atoms with Crippen molar-refractivity contribution >= 4 is 11.6 Å². The van der Waals surface area contributed by atoms with Crippen LogP contribution >= 0.6 is 0 Å². The number of nitrogen functional groups attached to an aromatic ring is 1. The molecule has 1 aromatic rings. The summed E-state index contributed by atoms with van der Waals surface area (Å²) in [5.41, 5.74) is 6.90. The molecule has 0 radical (unpaired) electrons. The van der Waals surface area contributed by atoms with E-state index in [1.165, 1.54) is 0 Å². The van der Waals surface area contributed by atoms with Gasteiger partial charge in [-0.25, -0.2) is 0 Å².